The maximum Gasteiger partial charge on any atom is 0.0317 e. The summed E-state index contributed by atoms with van der Waals surface area (Å²) in [5, 5.41) is 0. The Morgan fingerprint density at radius 1 is 1.33 bits per heavy atom. The standard InChI is InChI=1S/C16H25NS/c1-16(2)9-4-3-7-14(16)12-18-11-13-6-5-8-15(17)10-13/h5-6,8,10,14H,3-4,7,9,11-12,17H2,1-2H3. The van der Waals surface area contributed by atoms with Crippen molar-refractivity contribution in [3.05, 3.63) is 29.8 Å². The Kier molecular flexibility index (Phi) is 4.60. The fourth-order valence-electron chi connectivity index (χ4n) is 2.88. The van der Waals surface area contributed by atoms with Gasteiger partial charge in [0.2, 0.25) is 0 Å². The molecular formula is C16H25NS. The Hall–Kier alpha value is -0.630. The Balaban J connectivity index is 1.81. The molecule has 1 aliphatic carbocycles. The molecule has 1 aromatic rings. The van der Waals surface area contributed by atoms with Crippen molar-refractivity contribution in [2.45, 2.75) is 45.3 Å². The van der Waals surface area contributed by atoms with Crippen molar-refractivity contribution in [1.82, 2.24) is 0 Å². The maximum atomic E-state index is 5.81. The van der Waals surface area contributed by atoms with Crippen molar-refractivity contribution >= 4 is 17.4 Å². The molecule has 1 atom stereocenters. The molecule has 100 valence electrons. The quantitative estimate of drug-likeness (QED) is 0.796. The molecule has 1 unspecified atom stereocenters. The fraction of sp³-hybridized carbons (Fsp3) is 0.625. The molecular weight excluding hydrogens is 238 g/mol. The van der Waals surface area contributed by atoms with Crippen LogP contribution < -0.4 is 5.73 Å². The lowest BCUT2D eigenvalue weighted by Gasteiger charge is -2.38. The van der Waals surface area contributed by atoms with E-state index in [0.717, 1.165) is 17.4 Å². The zero-order chi connectivity index (χ0) is 13.0. The van der Waals surface area contributed by atoms with Crippen LogP contribution in [0.5, 0.6) is 0 Å². The van der Waals surface area contributed by atoms with E-state index in [4.69, 9.17) is 5.73 Å². The Labute approximate surface area is 116 Å². The third kappa shape index (κ3) is 3.68. The van der Waals surface area contributed by atoms with Crippen LogP contribution in [0.2, 0.25) is 0 Å². The lowest BCUT2D eigenvalue weighted by atomic mass is 9.70. The third-order valence-corrected chi connectivity index (χ3v) is 5.44. The minimum Gasteiger partial charge on any atom is -0.399 e. The van der Waals surface area contributed by atoms with Gasteiger partial charge in [-0.3, -0.25) is 0 Å². The van der Waals surface area contributed by atoms with Gasteiger partial charge in [-0.05, 0) is 47.6 Å². The molecule has 0 aromatic heterocycles. The smallest absolute Gasteiger partial charge is 0.0317 e. The number of thioether (sulfide) groups is 1. The summed E-state index contributed by atoms with van der Waals surface area (Å²) >= 11 is 2.07. The van der Waals surface area contributed by atoms with Gasteiger partial charge >= 0.3 is 0 Å². The Bertz CT molecular complexity index is 386. The van der Waals surface area contributed by atoms with Crippen LogP contribution in [-0.4, -0.2) is 5.75 Å². The van der Waals surface area contributed by atoms with E-state index in [1.165, 1.54) is 37.0 Å². The first-order valence-electron chi connectivity index (χ1n) is 7.00. The van der Waals surface area contributed by atoms with Crippen LogP contribution in [0.25, 0.3) is 0 Å². The molecule has 1 aliphatic rings. The highest BCUT2D eigenvalue weighted by atomic mass is 32.2. The third-order valence-electron chi connectivity index (χ3n) is 4.27. The molecule has 18 heavy (non-hydrogen) atoms. The SMILES string of the molecule is CC1(C)CCCCC1CSCc1cccc(N)c1. The molecule has 1 fully saturated rings. The number of rotatable bonds is 4. The van der Waals surface area contributed by atoms with Crippen LogP contribution >= 0.6 is 11.8 Å². The summed E-state index contributed by atoms with van der Waals surface area (Å²) in [5.41, 5.74) is 8.59. The molecule has 0 amide bonds. The molecule has 0 heterocycles. The van der Waals surface area contributed by atoms with Crippen molar-refractivity contribution in [2.75, 3.05) is 11.5 Å². The van der Waals surface area contributed by atoms with Crippen LogP contribution in [0, 0.1) is 11.3 Å². The van der Waals surface area contributed by atoms with Crippen molar-refractivity contribution in [3.63, 3.8) is 0 Å². The highest BCUT2D eigenvalue weighted by Crippen LogP contribution is 2.42. The van der Waals surface area contributed by atoms with E-state index in [-0.39, 0.29) is 0 Å². The predicted octanol–water partition coefficient (Wildman–Crippen LogP) is 4.72. The van der Waals surface area contributed by atoms with Gasteiger partial charge in [-0.15, -0.1) is 0 Å². The van der Waals surface area contributed by atoms with Crippen LogP contribution in [0.3, 0.4) is 0 Å². The van der Waals surface area contributed by atoms with Crippen LogP contribution in [0.4, 0.5) is 5.69 Å². The van der Waals surface area contributed by atoms with Crippen LogP contribution in [0.1, 0.15) is 45.1 Å². The van der Waals surface area contributed by atoms with Crippen molar-refractivity contribution in [2.24, 2.45) is 11.3 Å². The molecule has 2 heteroatoms. The van der Waals surface area contributed by atoms with Crippen molar-refractivity contribution in [3.8, 4) is 0 Å². The minimum atomic E-state index is 0.543. The molecule has 1 aromatic carbocycles. The number of nitrogens with two attached hydrogens (primary N) is 1. The zero-order valence-corrected chi connectivity index (χ0v) is 12.4. The minimum absolute atomic E-state index is 0.543. The van der Waals surface area contributed by atoms with E-state index >= 15 is 0 Å². The average molecular weight is 263 g/mol. The summed E-state index contributed by atoms with van der Waals surface area (Å²) in [5.74, 6) is 3.27. The summed E-state index contributed by atoms with van der Waals surface area (Å²) in [7, 11) is 0. The largest absolute Gasteiger partial charge is 0.399 e. The number of hydrogen-bond donors (Lipinski definition) is 1. The molecule has 1 saturated carbocycles. The van der Waals surface area contributed by atoms with Crippen LogP contribution in [-0.2, 0) is 5.75 Å². The van der Waals surface area contributed by atoms with Gasteiger partial charge in [0, 0.05) is 11.4 Å². The Morgan fingerprint density at radius 3 is 2.89 bits per heavy atom. The van der Waals surface area contributed by atoms with Gasteiger partial charge in [0.05, 0.1) is 0 Å². The monoisotopic (exact) mass is 263 g/mol. The highest BCUT2D eigenvalue weighted by molar-refractivity contribution is 7.98. The summed E-state index contributed by atoms with van der Waals surface area (Å²) in [4.78, 5) is 0. The van der Waals surface area contributed by atoms with Crippen LogP contribution in [0.15, 0.2) is 24.3 Å². The van der Waals surface area contributed by atoms with E-state index in [2.05, 4.69) is 43.8 Å². The van der Waals surface area contributed by atoms with Crippen molar-refractivity contribution < 1.29 is 0 Å². The molecule has 0 aliphatic heterocycles. The molecule has 2 rings (SSSR count). The first-order chi connectivity index (χ1) is 8.58. The first-order valence-corrected chi connectivity index (χ1v) is 8.15. The van der Waals surface area contributed by atoms with E-state index in [9.17, 15) is 0 Å². The molecule has 2 N–H and O–H groups in total. The van der Waals surface area contributed by atoms with Gasteiger partial charge in [-0.2, -0.15) is 11.8 Å². The second-order valence-electron chi connectivity index (χ2n) is 6.19. The number of nitrogen functional groups attached to an aromatic ring is 1. The summed E-state index contributed by atoms with van der Waals surface area (Å²) in [6.45, 7) is 4.88. The van der Waals surface area contributed by atoms with Gasteiger partial charge in [-0.25, -0.2) is 0 Å². The molecule has 0 spiro atoms. The summed E-state index contributed by atoms with van der Waals surface area (Å²) in [6, 6.07) is 8.28. The second-order valence-corrected chi connectivity index (χ2v) is 7.22. The van der Waals surface area contributed by atoms with Gasteiger partial charge in [0.1, 0.15) is 0 Å². The second kappa shape index (κ2) is 6.01. The molecule has 0 bridgehead atoms. The van der Waals surface area contributed by atoms with E-state index < -0.39 is 0 Å². The topological polar surface area (TPSA) is 26.0 Å². The summed E-state index contributed by atoms with van der Waals surface area (Å²) < 4.78 is 0. The van der Waals surface area contributed by atoms with Crippen molar-refractivity contribution in [1.29, 1.82) is 0 Å². The zero-order valence-electron chi connectivity index (χ0n) is 11.6. The molecule has 0 radical (unpaired) electrons. The maximum absolute atomic E-state index is 5.81. The number of benzene rings is 1. The predicted molar refractivity (Wildman–Crippen MR) is 82.8 cm³/mol. The molecule has 0 saturated heterocycles. The summed E-state index contributed by atoms with van der Waals surface area (Å²) in [6.07, 6.45) is 5.66. The first kappa shape index (κ1) is 13.8. The number of anilines is 1. The van der Waals surface area contributed by atoms with Gasteiger partial charge in [0.15, 0.2) is 0 Å². The number of hydrogen-bond acceptors (Lipinski definition) is 2. The van der Waals surface area contributed by atoms with E-state index in [1.54, 1.807) is 0 Å². The lowest BCUT2D eigenvalue weighted by Crippen LogP contribution is -2.29. The lowest BCUT2D eigenvalue weighted by molar-refractivity contribution is 0.158. The molecule has 1 nitrogen and oxygen atoms in total. The normalized spacial score (nSPS) is 22.9. The van der Waals surface area contributed by atoms with Gasteiger partial charge < -0.3 is 5.73 Å². The highest BCUT2D eigenvalue weighted by Gasteiger charge is 2.31. The van der Waals surface area contributed by atoms with Gasteiger partial charge in [-0.1, -0.05) is 38.8 Å². The Morgan fingerprint density at radius 2 is 2.17 bits per heavy atom. The fourth-order valence-corrected chi connectivity index (χ4v) is 4.31. The van der Waals surface area contributed by atoms with E-state index in [0.29, 0.717) is 5.41 Å². The van der Waals surface area contributed by atoms with Gasteiger partial charge in [0.25, 0.3) is 0 Å². The average Bonchev–Trinajstić information content (AvgIpc) is 2.31. The van der Waals surface area contributed by atoms with E-state index in [1.807, 2.05) is 6.07 Å².